The molecule has 33 heavy (non-hydrogen) atoms. The molecular formula is C26H33NO5S. The van der Waals surface area contributed by atoms with E-state index in [4.69, 9.17) is 14.2 Å². The van der Waals surface area contributed by atoms with Gasteiger partial charge >= 0.3 is 5.97 Å². The molecule has 3 aliphatic rings. The zero-order chi connectivity index (χ0) is 22.9. The van der Waals surface area contributed by atoms with Gasteiger partial charge in [-0.3, -0.25) is 0 Å². The molecule has 1 aliphatic heterocycles. The van der Waals surface area contributed by atoms with Crippen LogP contribution in [0, 0.1) is 17.8 Å². The van der Waals surface area contributed by atoms with Gasteiger partial charge in [0, 0.05) is 11.3 Å². The number of carbonyl (C=O) groups is 1. The van der Waals surface area contributed by atoms with Crippen LogP contribution in [0.3, 0.4) is 0 Å². The highest BCUT2D eigenvalue weighted by molar-refractivity contribution is 7.09. The zero-order valence-electron chi connectivity index (χ0n) is 19.4. The molecule has 0 unspecified atom stereocenters. The molecule has 0 amide bonds. The second-order valence-electron chi connectivity index (χ2n) is 9.91. The van der Waals surface area contributed by atoms with E-state index >= 15 is 0 Å². The van der Waals surface area contributed by atoms with Crippen LogP contribution in [0.15, 0.2) is 23.6 Å². The Hall–Kier alpha value is -1.96. The van der Waals surface area contributed by atoms with Crippen LogP contribution >= 0.6 is 11.3 Å². The van der Waals surface area contributed by atoms with Gasteiger partial charge in [-0.1, -0.05) is 6.07 Å². The molecule has 2 heterocycles. The van der Waals surface area contributed by atoms with Crippen molar-refractivity contribution in [3.63, 3.8) is 0 Å². The summed E-state index contributed by atoms with van der Waals surface area (Å²) in [5, 5.41) is 13.4. The lowest BCUT2D eigenvalue weighted by atomic mass is 9.86. The lowest BCUT2D eigenvalue weighted by Gasteiger charge is -2.24. The van der Waals surface area contributed by atoms with E-state index in [1.807, 2.05) is 13.8 Å². The Kier molecular flexibility index (Phi) is 6.72. The Labute approximate surface area is 199 Å². The van der Waals surface area contributed by atoms with Crippen LogP contribution in [0.4, 0.5) is 0 Å². The summed E-state index contributed by atoms with van der Waals surface area (Å²) in [6, 6.07) is 6.44. The van der Waals surface area contributed by atoms with Gasteiger partial charge in [0.15, 0.2) is 5.69 Å². The average molecular weight is 472 g/mol. The van der Waals surface area contributed by atoms with Gasteiger partial charge in [0.05, 0.1) is 25.4 Å². The largest absolute Gasteiger partial charge is 0.493 e. The van der Waals surface area contributed by atoms with Gasteiger partial charge in [-0.25, -0.2) is 9.78 Å². The molecule has 1 saturated carbocycles. The van der Waals surface area contributed by atoms with Gasteiger partial charge in [-0.15, -0.1) is 11.3 Å². The minimum Gasteiger partial charge on any atom is -0.493 e. The molecule has 0 bridgehead atoms. The van der Waals surface area contributed by atoms with Crippen molar-refractivity contribution in [2.45, 2.75) is 70.7 Å². The lowest BCUT2D eigenvalue weighted by Crippen LogP contribution is -2.27. The fraction of sp³-hybridized carbons (Fsp3) is 0.615. The number of nitrogens with zero attached hydrogens (tertiary/aromatic N) is 1. The summed E-state index contributed by atoms with van der Waals surface area (Å²) in [5.74, 6) is 1.33. The number of ether oxygens (including phenoxy) is 3. The molecule has 2 fully saturated rings. The third kappa shape index (κ3) is 4.96. The number of esters is 1. The Morgan fingerprint density at radius 2 is 2.12 bits per heavy atom. The van der Waals surface area contributed by atoms with Gasteiger partial charge in [-0.05, 0) is 87.5 Å². The summed E-state index contributed by atoms with van der Waals surface area (Å²) >= 11 is 1.46. The van der Waals surface area contributed by atoms with Crippen LogP contribution in [0.1, 0.15) is 72.3 Å². The molecule has 1 saturated heterocycles. The van der Waals surface area contributed by atoms with Gasteiger partial charge in [-0.2, -0.15) is 0 Å². The molecule has 6 nitrogen and oxygen atoms in total. The third-order valence-corrected chi connectivity index (χ3v) is 8.27. The normalized spacial score (nSPS) is 28.9. The fourth-order valence-electron chi connectivity index (χ4n) is 5.67. The fourth-order valence-corrected chi connectivity index (χ4v) is 6.54. The SMILES string of the molecule is CC(C)OC(=O)c1csc([C@H]2CC[C@H]3[C@@H](CO2)C[C@@H](O)[C@@H]3COc2ccc3c(c2)CCC3)n1. The van der Waals surface area contributed by atoms with E-state index in [0.717, 1.165) is 36.4 Å². The highest BCUT2D eigenvalue weighted by Gasteiger charge is 2.44. The van der Waals surface area contributed by atoms with E-state index in [0.29, 0.717) is 30.7 Å². The van der Waals surface area contributed by atoms with E-state index in [2.05, 4.69) is 23.2 Å². The summed E-state index contributed by atoms with van der Waals surface area (Å²) in [6.45, 7) is 4.80. The number of carbonyl (C=O) groups excluding carboxylic acids is 1. The topological polar surface area (TPSA) is 77.9 Å². The third-order valence-electron chi connectivity index (χ3n) is 7.33. The summed E-state index contributed by atoms with van der Waals surface area (Å²) in [6.07, 6.45) is 5.42. The first kappa shape index (κ1) is 22.8. The van der Waals surface area contributed by atoms with Gasteiger partial charge in [0.2, 0.25) is 0 Å². The maximum Gasteiger partial charge on any atom is 0.358 e. The van der Waals surface area contributed by atoms with Crippen LogP contribution in [0.2, 0.25) is 0 Å². The number of aliphatic hydroxyl groups is 1. The van der Waals surface area contributed by atoms with Crippen LogP contribution < -0.4 is 4.74 Å². The van der Waals surface area contributed by atoms with Crippen molar-refractivity contribution >= 4 is 17.3 Å². The van der Waals surface area contributed by atoms with Crippen molar-refractivity contribution < 1.29 is 24.1 Å². The summed E-state index contributed by atoms with van der Waals surface area (Å²) in [4.78, 5) is 16.7. The maximum atomic E-state index is 12.1. The Bertz CT molecular complexity index is 989. The molecular weight excluding hydrogens is 438 g/mol. The van der Waals surface area contributed by atoms with E-state index < -0.39 is 0 Å². The molecule has 5 atom stereocenters. The molecule has 1 aromatic heterocycles. The Balaban J connectivity index is 1.20. The number of benzene rings is 1. The smallest absolute Gasteiger partial charge is 0.358 e. The van der Waals surface area contributed by atoms with Gasteiger partial charge in [0.25, 0.3) is 0 Å². The predicted octanol–water partition coefficient (Wildman–Crippen LogP) is 4.74. The Morgan fingerprint density at radius 3 is 2.97 bits per heavy atom. The van der Waals surface area contributed by atoms with Crippen molar-refractivity contribution in [2.24, 2.45) is 17.8 Å². The van der Waals surface area contributed by atoms with Crippen molar-refractivity contribution in [3.05, 3.63) is 45.4 Å². The number of rotatable bonds is 6. The lowest BCUT2D eigenvalue weighted by molar-refractivity contribution is 0.0321. The number of aliphatic hydroxyl groups excluding tert-OH is 1. The van der Waals surface area contributed by atoms with Crippen molar-refractivity contribution in [3.8, 4) is 5.75 Å². The van der Waals surface area contributed by atoms with E-state index in [-0.39, 0.29) is 30.2 Å². The first-order chi connectivity index (χ1) is 16.0. The molecule has 2 aliphatic carbocycles. The summed E-state index contributed by atoms with van der Waals surface area (Å²) < 4.78 is 17.7. The molecule has 178 valence electrons. The Morgan fingerprint density at radius 1 is 1.27 bits per heavy atom. The van der Waals surface area contributed by atoms with Crippen LogP contribution in [0.25, 0.3) is 0 Å². The molecule has 7 heteroatoms. The summed E-state index contributed by atoms with van der Waals surface area (Å²) in [5.41, 5.74) is 3.20. The molecule has 1 aromatic carbocycles. The van der Waals surface area contributed by atoms with Crippen LogP contribution in [0.5, 0.6) is 5.75 Å². The zero-order valence-corrected chi connectivity index (χ0v) is 20.2. The maximum absolute atomic E-state index is 12.1. The molecule has 1 N–H and O–H groups in total. The molecule has 5 rings (SSSR count). The number of aromatic nitrogens is 1. The van der Waals surface area contributed by atoms with E-state index in [1.54, 1.807) is 5.38 Å². The number of aryl methyl sites for hydroxylation is 2. The molecule has 0 radical (unpaired) electrons. The van der Waals surface area contributed by atoms with E-state index in [9.17, 15) is 9.90 Å². The predicted molar refractivity (Wildman–Crippen MR) is 126 cm³/mol. The highest BCUT2D eigenvalue weighted by Crippen LogP contribution is 2.45. The second kappa shape index (κ2) is 9.72. The number of thiazole rings is 1. The summed E-state index contributed by atoms with van der Waals surface area (Å²) in [7, 11) is 0. The first-order valence-electron chi connectivity index (χ1n) is 12.2. The van der Waals surface area contributed by atoms with Crippen LogP contribution in [-0.2, 0) is 22.3 Å². The standard InChI is InChI=1S/C26H33NO5S/c1-15(2)32-26(29)22-14-33-25(27-22)24-9-8-20-18(12-31-24)11-23(28)21(20)13-30-19-7-6-16-4-3-5-17(16)10-19/h6-7,10,14-15,18,20-21,23-24,28H,3-5,8-9,11-13H2,1-2H3/t18-,20+,21-,23-,24-/m1/s1. The van der Waals surface area contributed by atoms with Gasteiger partial charge < -0.3 is 19.3 Å². The van der Waals surface area contributed by atoms with E-state index in [1.165, 1.54) is 35.3 Å². The monoisotopic (exact) mass is 471 g/mol. The minimum absolute atomic E-state index is 0.110. The van der Waals surface area contributed by atoms with Gasteiger partial charge in [0.1, 0.15) is 16.9 Å². The van der Waals surface area contributed by atoms with Crippen molar-refractivity contribution in [2.75, 3.05) is 13.2 Å². The van der Waals surface area contributed by atoms with Crippen molar-refractivity contribution in [1.29, 1.82) is 0 Å². The average Bonchev–Trinajstić information content (AvgIpc) is 3.48. The quantitative estimate of drug-likeness (QED) is 0.613. The number of hydrogen-bond acceptors (Lipinski definition) is 7. The second-order valence-corrected chi connectivity index (χ2v) is 10.8. The number of hydrogen-bond donors (Lipinski definition) is 1. The number of fused-ring (bicyclic) bond motifs is 2. The highest BCUT2D eigenvalue weighted by atomic mass is 32.1. The minimum atomic E-state index is -0.384. The molecule has 0 spiro atoms. The van der Waals surface area contributed by atoms with Crippen molar-refractivity contribution in [1.82, 2.24) is 4.98 Å². The first-order valence-corrected chi connectivity index (χ1v) is 13.1. The van der Waals surface area contributed by atoms with Crippen LogP contribution in [-0.4, -0.2) is 41.5 Å². The molecule has 2 aromatic rings.